The van der Waals surface area contributed by atoms with Crippen molar-refractivity contribution in [1.29, 1.82) is 0 Å². The Labute approximate surface area is 496 Å². The number of rotatable bonds is 23. The largest absolute Gasteiger partial charge is 0.522 e. The number of carbonyl (C=O) groups excluding carboxylic acids is 8. The Morgan fingerprint density at radius 3 is 1.91 bits per heavy atom. The number of nitrogens with zero attached hydrogens (tertiary/aromatic N) is 2. The molecule has 1 aromatic rings. The fraction of sp³-hybridized carbons (Fsp3) is 0.736. The summed E-state index contributed by atoms with van der Waals surface area (Å²) in [7, 11) is -5.84. The lowest BCUT2D eigenvalue weighted by molar-refractivity contribution is -0.148. The molecule has 0 bridgehead atoms. The predicted octanol–water partition coefficient (Wildman–Crippen LogP) is -3.39. The standard InChI is InChI=1S/C52H86N10O16.CHF3O3S/c1-5-27(2)22-28(3)12-10-8-6-7-9-11-13-39(70)56-33-24-37(68)46(55-20-19-53)60-50(76)43-35(66)18-21-61(43)52(78)41(36(67)25-38(54)69)58-49(75)42(45(72)44(71)30-14-16-31(64)17-15-30)59-48(74)34-23-32(65)26-62(34)51(77)40(29(4)63)57-47(33)73;2-1(3,4)8(5,6)7/h14-17,27-29,32-37,40-46,55,63-68,71-72H,5-13,18-26,53H2,1-4H3,(H2,54,69)(H,56,70)(H,57,73)(H,58,75)(H,59,74)(H,60,76);(H,5,6,7)/t27-,28+,29+,32+,33-,34-,35-,36+,37+,40-,41-,42-,43-,44-,45-,46+;/m0./s1. The fourth-order valence-electron chi connectivity index (χ4n) is 10.2. The van der Waals surface area contributed by atoms with E-state index < -0.39 is 180 Å². The summed E-state index contributed by atoms with van der Waals surface area (Å²) >= 11 is 0. The molecule has 0 aromatic heterocycles. The van der Waals surface area contributed by atoms with E-state index >= 15 is 0 Å². The Hall–Kier alpha value is -5.88. The number of unbranched alkanes of at least 4 members (excludes halogenated alkanes) is 5. The van der Waals surface area contributed by atoms with Crippen LogP contribution in [-0.4, -0.2) is 222 Å². The molecule has 16 atom stereocenters. The van der Waals surface area contributed by atoms with E-state index in [4.69, 9.17) is 24.4 Å². The van der Waals surface area contributed by atoms with Gasteiger partial charge in [-0.2, -0.15) is 21.6 Å². The number of hydrogen-bond acceptors (Lipinski definition) is 20. The number of benzene rings is 1. The van der Waals surface area contributed by atoms with Gasteiger partial charge in [0, 0.05) is 45.4 Å². The van der Waals surface area contributed by atoms with Crippen LogP contribution < -0.4 is 43.4 Å². The van der Waals surface area contributed by atoms with E-state index in [9.17, 15) is 92.4 Å². The van der Waals surface area contributed by atoms with Gasteiger partial charge in [0.05, 0.1) is 36.9 Å². The van der Waals surface area contributed by atoms with Crippen molar-refractivity contribution in [3.8, 4) is 5.75 Å². The molecule has 4 rings (SSSR count). The van der Waals surface area contributed by atoms with Crippen molar-refractivity contribution in [3.63, 3.8) is 0 Å². The van der Waals surface area contributed by atoms with E-state index in [0.29, 0.717) is 24.7 Å². The van der Waals surface area contributed by atoms with Crippen molar-refractivity contribution in [3.05, 3.63) is 29.8 Å². The van der Waals surface area contributed by atoms with Gasteiger partial charge in [0.1, 0.15) is 60.4 Å². The van der Waals surface area contributed by atoms with Gasteiger partial charge in [0.25, 0.3) is 0 Å². The number of nitrogens with two attached hydrogens (primary N) is 2. The minimum absolute atomic E-state index is 0.0454. The third-order valence-electron chi connectivity index (χ3n) is 15.1. The van der Waals surface area contributed by atoms with E-state index in [1.54, 1.807) is 0 Å². The molecule has 3 aliphatic heterocycles. The molecule has 29 nitrogen and oxygen atoms in total. The Bertz CT molecular complexity index is 2520. The summed E-state index contributed by atoms with van der Waals surface area (Å²) in [5.74, 6) is -8.12. The lowest BCUT2D eigenvalue weighted by atomic mass is 9.91. The van der Waals surface area contributed by atoms with Crippen molar-refractivity contribution >= 4 is 57.4 Å². The van der Waals surface area contributed by atoms with Crippen LogP contribution in [0.15, 0.2) is 24.3 Å². The first-order valence-electron chi connectivity index (χ1n) is 28.6. The van der Waals surface area contributed by atoms with Gasteiger partial charge in [0.15, 0.2) is 0 Å². The highest BCUT2D eigenvalue weighted by molar-refractivity contribution is 7.86. The number of hydrogen-bond donors (Lipinski definition) is 17. The van der Waals surface area contributed by atoms with E-state index in [1.807, 2.05) is 0 Å². The van der Waals surface area contributed by atoms with Crippen LogP contribution in [0.2, 0.25) is 0 Å². The number of aliphatic hydroxyl groups excluding tert-OH is 7. The Balaban J connectivity index is 0.00000225. The number of amides is 8. The number of phenolic OH excluding ortho intramolecular Hbond substituents is 1. The van der Waals surface area contributed by atoms with Crippen molar-refractivity contribution < 1.29 is 105 Å². The van der Waals surface area contributed by atoms with E-state index in [0.717, 1.165) is 67.4 Å². The minimum Gasteiger partial charge on any atom is -0.508 e. The van der Waals surface area contributed by atoms with Gasteiger partial charge < -0.3 is 88.7 Å². The zero-order valence-electron chi connectivity index (χ0n) is 48.5. The highest BCUT2D eigenvalue weighted by atomic mass is 32.2. The maximum atomic E-state index is 14.6. The molecule has 33 heteroatoms. The smallest absolute Gasteiger partial charge is 0.508 e. The van der Waals surface area contributed by atoms with Crippen molar-refractivity contribution in [2.45, 2.75) is 208 Å². The van der Waals surface area contributed by atoms with Crippen molar-refractivity contribution in [2.24, 2.45) is 23.3 Å². The molecule has 0 saturated carbocycles. The Kier molecular flexibility index (Phi) is 29.9. The number of carbonyl (C=O) groups is 8. The quantitative estimate of drug-likeness (QED) is 0.0289. The van der Waals surface area contributed by atoms with Crippen LogP contribution in [-0.2, 0) is 48.5 Å². The Morgan fingerprint density at radius 1 is 0.767 bits per heavy atom. The van der Waals surface area contributed by atoms with Crippen LogP contribution in [0.4, 0.5) is 13.2 Å². The SMILES string of the molecule is CC[C@H](C)C[C@H](C)CCCCCCCCC(=O)N[C@H]1C[C@@H](O)[C@H](NCCN)NC(=O)[C@@H]2[C@@H](O)CCN2C(=O)[C@H]([C@H](O)CC(N)=O)NC(=O)[C@H]([C@H](O)[C@@H](O)c2ccc(O)cc2)NC(=O)[C@@H]2C[C@@H](O)CN2C(=O)[C@H]([C@@H](C)O)NC1=O.O=S(=O)(O)C(F)(F)F. The van der Waals surface area contributed by atoms with Gasteiger partial charge in [-0.05, 0) is 55.7 Å². The highest BCUT2D eigenvalue weighted by Gasteiger charge is 2.49. The van der Waals surface area contributed by atoms with Gasteiger partial charge in [-0.25, -0.2) is 0 Å². The van der Waals surface area contributed by atoms with E-state index in [2.05, 4.69) is 52.7 Å². The second-order valence-corrected chi connectivity index (χ2v) is 23.7. The average Bonchev–Trinajstić information content (AvgIpc) is 1.89. The van der Waals surface area contributed by atoms with Crippen LogP contribution >= 0.6 is 0 Å². The number of nitrogens with one attached hydrogen (secondary N) is 6. The Morgan fingerprint density at radius 2 is 1.34 bits per heavy atom. The number of phenols is 1. The summed E-state index contributed by atoms with van der Waals surface area (Å²) in [5.41, 5.74) is 5.51. The normalized spacial score (nSPS) is 27.0. The number of fused-ring (bicyclic) bond motifs is 2. The number of halogens is 3. The van der Waals surface area contributed by atoms with Gasteiger partial charge in [-0.3, -0.25) is 48.2 Å². The topological polar surface area (TPSA) is 483 Å². The second-order valence-electron chi connectivity index (χ2n) is 22.3. The number of primary amides is 1. The minimum atomic E-state index is -5.84. The molecule has 3 fully saturated rings. The van der Waals surface area contributed by atoms with Crippen LogP contribution in [0.1, 0.15) is 129 Å². The molecular weight excluding hydrogens is 1170 g/mol. The first-order valence-corrected chi connectivity index (χ1v) is 30.0. The van der Waals surface area contributed by atoms with Crippen LogP contribution in [0.5, 0.6) is 5.75 Å². The van der Waals surface area contributed by atoms with E-state index in [-0.39, 0.29) is 37.2 Å². The lowest BCUT2D eigenvalue weighted by Gasteiger charge is -2.35. The third-order valence-corrected chi connectivity index (χ3v) is 15.7. The van der Waals surface area contributed by atoms with Gasteiger partial charge in [0.2, 0.25) is 47.3 Å². The number of aliphatic hydroxyl groups is 7. The molecule has 0 aliphatic carbocycles. The molecule has 1 aromatic carbocycles. The van der Waals surface area contributed by atoms with Crippen molar-refractivity contribution in [1.82, 2.24) is 41.7 Å². The number of aromatic hydroxyl groups is 1. The maximum Gasteiger partial charge on any atom is 0.522 e. The monoisotopic (exact) mass is 1260 g/mol. The highest BCUT2D eigenvalue weighted by Crippen LogP contribution is 2.27. The summed E-state index contributed by atoms with van der Waals surface area (Å²) in [6.45, 7) is 6.74. The lowest BCUT2D eigenvalue weighted by Crippen LogP contribution is -2.65. The second kappa shape index (κ2) is 34.6. The van der Waals surface area contributed by atoms with Crippen molar-refractivity contribution in [2.75, 3.05) is 26.2 Å². The summed E-state index contributed by atoms with van der Waals surface area (Å²) in [6.07, 6.45) is -8.60. The molecule has 3 saturated heterocycles. The molecule has 0 unspecified atom stereocenters. The zero-order chi connectivity index (χ0) is 65.0. The van der Waals surface area contributed by atoms with Crippen LogP contribution in [0, 0.1) is 11.8 Å². The molecule has 3 aliphatic rings. The predicted molar refractivity (Wildman–Crippen MR) is 298 cm³/mol. The molecule has 86 heavy (non-hydrogen) atoms. The summed E-state index contributed by atoms with van der Waals surface area (Å²) < 4.78 is 57.5. The zero-order valence-corrected chi connectivity index (χ0v) is 49.3. The summed E-state index contributed by atoms with van der Waals surface area (Å²) in [4.78, 5) is 114. The molecule has 19 N–H and O–H groups in total. The summed E-state index contributed by atoms with van der Waals surface area (Å²) in [6, 6.07) is -7.06. The van der Waals surface area contributed by atoms with Crippen LogP contribution in [0.25, 0.3) is 0 Å². The third kappa shape index (κ3) is 22.7. The molecule has 490 valence electrons. The van der Waals surface area contributed by atoms with Gasteiger partial charge in [-0.1, -0.05) is 77.8 Å². The van der Waals surface area contributed by atoms with Gasteiger partial charge in [-0.15, -0.1) is 0 Å². The molecule has 8 amide bonds. The van der Waals surface area contributed by atoms with Gasteiger partial charge >= 0.3 is 15.6 Å². The first kappa shape index (κ1) is 74.4. The molecule has 0 spiro atoms. The molecular formula is C53H87F3N10O19S. The maximum absolute atomic E-state index is 14.6. The fourth-order valence-corrected chi connectivity index (χ4v) is 10.2. The molecule has 0 radical (unpaired) electrons. The van der Waals surface area contributed by atoms with Crippen LogP contribution in [0.3, 0.4) is 0 Å². The summed E-state index contributed by atoms with van der Waals surface area (Å²) in [5, 5.41) is 104. The molecule has 3 heterocycles. The average molecular weight is 1260 g/mol. The first-order chi connectivity index (χ1) is 40.1. The van der Waals surface area contributed by atoms with E-state index in [1.165, 1.54) is 18.6 Å². The number of alkyl halides is 3.